The Morgan fingerprint density at radius 1 is 1.12 bits per heavy atom. The SMILES string of the molecule is CC1CN(Cc2coc(-c3cccc(Cl)c3)n2)CC(c2ccccc2)O1. The standard InChI is InChI=1S/C21H21ClN2O2/c1-15-11-24(13-20(26-15)16-6-3-2-4-7-16)12-19-14-25-21(23-19)17-8-5-9-18(22)10-17/h2-10,14-15,20H,11-13H2,1H3. The molecule has 0 radical (unpaired) electrons. The lowest BCUT2D eigenvalue weighted by molar-refractivity contribution is -0.0816. The Morgan fingerprint density at radius 2 is 1.96 bits per heavy atom. The van der Waals surface area contributed by atoms with Crippen molar-refractivity contribution in [1.82, 2.24) is 9.88 Å². The van der Waals surface area contributed by atoms with Crippen molar-refractivity contribution in [2.24, 2.45) is 0 Å². The highest BCUT2D eigenvalue weighted by atomic mass is 35.5. The molecule has 1 saturated heterocycles. The quantitative estimate of drug-likeness (QED) is 0.652. The van der Waals surface area contributed by atoms with E-state index in [4.69, 9.17) is 20.8 Å². The van der Waals surface area contributed by atoms with E-state index >= 15 is 0 Å². The number of benzene rings is 2. The van der Waals surface area contributed by atoms with Crippen LogP contribution < -0.4 is 0 Å². The summed E-state index contributed by atoms with van der Waals surface area (Å²) in [5.41, 5.74) is 3.02. The third-order valence-electron chi connectivity index (χ3n) is 4.52. The zero-order valence-electron chi connectivity index (χ0n) is 14.6. The number of aromatic nitrogens is 1. The summed E-state index contributed by atoms with van der Waals surface area (Å²) in [4.78, 5) is 7.00. The average Bonchev–Trinajstić information content (AvgIpc) is 3.10. The zero-order valence-corrected chi connectivity index (χ0v) is 15.4. The van der Waals surface area contributed by atoms with Gasteiger partial charge < -0.3 is 9.15 Å². The second-order valence-corrected chi connectivity index (χ2v) is 7.13. The van der Waals surface area contributed by atoms with Gasteiger partial charge in [-0.25, -0.2) is 4.98 Å². The molecule has 2 unspecified atom stereocenters. The van der Waals surface area contributed by atoms with Gasteiger partial charge in [0.1, 0.15) is 6.26 Å². The summed E-state index contributed by atoms with van der Waals surface area (Å²) < 4.78 is 11.8. The van der Waals surface area contributed by atoms with E-state index in [1.165, 1.54) is 5.56 Å². The number of rotatable bonds is 4. The number of oxazole rings is 1. The molecule has 5 heteroatoms. The number of hydrogen-bond donors (Lipinski definition) is 0. The molecule has 4 nitrogen and oxygen atoms in total. The van der Waals surface area contributed by atoms with Crippen molar-refractivity contribution >= 4 is 11.6 Å². The number of nitrogens with zero attached hydrogens (tertiary/aromatic N) is 2. The smallest absolute Gasteiger partial charge is 0.226 e. The first-order chi connectivity index (χ1) is 12.7. The van der Waals surface area contributed by atoms with Crippen LogP contribution >= 0.6 is 11.6 Å². The van der Waals surface area contributed by atoms with Crippen molar-refractivity contribution in [3.8, 4) is 11.5 Å². The summed E-state index contributed by atoms with van der Waals surface area (Å²) in [5, 5.41) is 0.676. The minimum atomic E-state index is 0.0826. The predicted octanol–water partition coefficient (Wildman–Crippen LogP) is 4.96. The van der Waals surface area contributed by atoms with Crippen molar-refractivity contribution in [2.45, 2.75) is 25.7 Å². The van der Waals surface area contributed by atoms with Gasteiger partial charge in [-0.1, -0.05) is 48.0 Å². The fourth-order valence-corrected chi connectivity index (χ4v) is 3.57. The molecule has 26 heavy (non-hydrogen) atoms. The van der Waals surface area contributed by atoms with Crippen molar-refractivity contribution in [3.05, 3.63) is 77.1 Å². The topological polar surface area (TPSA) is 38.5 Å². The molecular weight excluding hydrogens is 348 g/mol. The molecule has 1 aliphatic heterocycles. The third-order valence-corrected chi connectivity index (χ3v) is 4.75. The van der Waals surface area contributed by atoms with E-state index in [-0.39, 0.29) is 12.2 Å². The van der Waals surface area contributed by atoms with Crippen molar-refractivity contribution in [2.75, 3.05) is 13.1 Å². The minimum absolute atomic E-state index is 0.0826. The number of hydrogen-bond acceptors (Lipinski definition) is 4. The van der Waals surface area contributed by atoms with Gasteiger partial charge in [-0.2, -0.15) is 0 Å². The van der Waals surface area contributed by atoms with Gasteiger partial charge >= 0.3 is 0 Å². The van der Waals surface area contributed by atoms with E-state index in [2.05, 4.69) is 41.1 Å². The molecule has 0 aliphatic carbocycles. The molecule has 1 aromatic heterocycles. The lowest BCUT2D eigenvalue weighted by atomic mass is 10.1. The average molecular weight is 369 g/mol. The molecule has 2 atom stereocenters. The van der Waals surface area contributed by atoms with Crippen molar-refractivity contribution in [1.29, 1.82) is 0 Å². The summed E-state index contributed by atoms with van der Waals surface area (Å²) in [6.45, 7) is 4.57. The molecule has 3 aromatic rings. The van der Waals surface area contributed by atoms with E-state index in [1.807, 2.05) is 30.3 Å². The van der Waals surface area contributed by atoms with E-state index in [0.717, 1.165) is 30.9 Å². The first-order valence-corrected chi connectivity index (χ1v) is 9.18. The minimum Gasteiger partial charge on any atom is -0.444 e. The van der Waals surface area contributed by atoms with Gasteiger partial charge in [0.25, 0.3) is 0 Å². The molecule has 2 aromatic carbocycles. The first-order valence-electron chi connectivity index (χ1n) is 8.80. The molecule has 0 bridgehead atoms. The molecular formula is C21H21ClN2O2. The van der Waals surface area contributed by atoms with Gasteiger partial charge in [0, 0.05) is 30.2 Å². The summed E-state index contributed by atoms with van der Waals surface area (Å²) in [6, 6.07) is 17.9. The Morgan fingerprint density at radius 3 is 2.77 bits per heavy atom. The Balaban J connectivity index is 1.47. The largest absolute Gasteiger partial charge is 0.444 e. The Hall–Kier alpha value is -2.14. The van der Waals surface area contributed by atoms with Gasteiger partial charge in [0.2, 0.25) is 5.89 Å². The molecule has 4 rings (SSSR count). The van der Waals surface area contributed by atoms with Crippen LogP contribution in [0.1, 0.15) is 24.3 Å². The highest BCUT2D eigenvalue weighted by Gasteiger charge is 2.27. The van der Waals surface area contributed by atoms with Crippen molar-refractivity contribution in [3.63, 3.8) is 0 Å². The lowest BCUT2D eigenvalue weighted by Gasteiger charge is -2.36. The normalized spacial score (nSPS) is 21.0. The van der Waals surface area contributed by atoms with Crippen LogP contribution in [0.2, 0.25) is 5.02 Å². The van der Waals surface area contributed by atoms with Crippen LogP contribution in [0.3, 0.4) is 0 Å². The maximum atomic E-state index is 6.13. The van der Waals surface area contributed by atoms with Crippen LogP contribution in [0, 0.1) is 0 Å². The molecule has 2 heterocycles. The molecule has 0 amide bonds. The highest BCUT2D eigenvalue weighted by Crippen LogP contribution is 2.27. The summed E-state index contributed by atoms with van der Waals surface area (Å²) >= 11 is 6.06. The van der Waals surface area contributed by atoms with Crippen LogP contribution in [0.25, 0.3) is 11.5 Å². The van der Waals surface area contributed by atoms with Gasteiger partial charge in [-0.05, 0) is 30.7 Å². The Bertz CT molecular complexity index is 865. The summed E-state index contributed by atoms with van der Waals surface area (Å²) in [7, 11) is 0. The Labute approximate surface area is 158 Å². The summed E-state index contributed by atoms with van der Waals surface area (Å²) in [5.74, 6) is 0.600. The van der Waals surface area contributed by atoms with Crippen LogP contribution in [0.4, 0.5) is 0 Å². The van der Waals surface area contributed by atoms with Crippen molar-refractivity contribution < 1.29 is 9.15 Å². The molecule has 134 valence electrons. The zero-order chi connectivity index (χ0) is 17.9. The van der Waals surface area contributed by atoms with Gasteiger partial charge in [0.15, 0.2) is 0 Å². The second-order valence-electron chi connectivity index (χ2n) is 6.69. The maximum absolute atomic E-state index is 6.13. The molecule has 0 spiro atoms. The fraction of sp³-hybridized carbons (Fsp3) is 0.286. The van der Waals surface area contributed by atoms with Gasteiger partial charge in [-0.3, -0.25) is 4.90 Å². The molecule has 1 aliphatic rings. The molecule has 1 fully saturated rings. The highest BCUT2D eigenvalue weighted by molar-refractivity contribution is 6.30. The van der Waals surface area contributed by atoms with Crippen LogP contribution in [0.5, 0.6) is 0 Å². The third kappa shape index (κ3) is 3.98. The summed E-state index contributed by atoms with van der Waals surface area (Å²) in [6.07, 6.45) is 1.99. The van der Waals surface area contributed by atoms with Crippen LogP contribution in [-0.4, -0.2) is 29.1 Å². The second kappa shape index (κ2) is 7.62. The van der Waals surface area contributed by atoms with Gasteiger partial charge in [0.05, 0.1) is 17.9 Å². The number of ether oxygens (including phenoxy) is 1. The Kier molecular flexibility index (Phi) is 5.07. The van der Waals surface area contributed by atoms with E-state index in [1.54, 1.807) is 6.26 Å². The molecule has 0 N–H and O–H groups in total. The van der Waals surface area contributed by atoms with E-state index in [0.29, 0.717) is 10.9 Å². The molecule has 0 saturated carbocycles. The monoisotopic (exact) mass is 368 g/mol. The first kappa shape index (κ1) is 17.3. The lowest BCUT2D eigenvalue weighted by Crippen LogP contribution is -2.42. The van der Waals surface area contributed by atoms with E-state index in [9.17, 15) is 0 Å². The number of halogens is 1. The fourth-order valence-electron chi connectivity index (χ4n) is 3.38. The number of morpholine rings is 1. The van der Waals surface area contributed by atoms with E-state index < -0.39 is 0 Å². The van der Waals surface area contributed by atoms with Crippen LogP contribution in [-0.2, 0) is 11.3 Å². The predicted molar refractivity (Wildman–Crippen MR) is 102 cm³/mol. The maximum Gasteiger partial charge on any atom is 0.226 e. The van der Waals surface area contributed by atoms with Crippen LogP contribution in [0.15, 0.2) is 65.3 Å². The van der Waals surface area contributed by atoms with Gasteiger partial charge in [-0.15, -0.1) is 0 Å².